The lowest BCUT2D eigenvalue weighted by atomic mass is 10.2. The fourth-order valence-electron chi connectivity index (χ4n) is 1.04. The Labute approximate surface area is 102 Å². The van der Waals surface area contributed by atoms with E-state index < -0.39 is 8.32 Å². The van der Waals surface area contributed by atoms with E-state index in [9.17, 15) is 0 Å². The molecule has 3 heteroatoms. The van der Waals surface area contributed by atoms with Gasteiger partial charge in [0.05, 0.1) is 6.61 Å². The van der Waals surface area contributed by atoms with Gasteiger partial charge in [-0.3, -0.25) is 0 Å². The van der Waals surface area contributed by atoms with E-state index >= 15 is 0 Å². The molecule has 0 heterocycles. The summed E-state index contributed by atoms with van der Waals surface area (Å²) in [4.78, 5) is 0. The van der Waals surface area contributed by atoms with Crippen LogP contribution in [0.2, 0.25) is 18.1 Å². The molecule has 0 aliphatic rings. The molecule has 2 nitrogen and oxygen atoms in total. The Kier molecular flexibility index (Phi) is 6.52. The van der Waals surface area contributed by atoms with Crippen molar-refractivity contribution in [2.45, 2.75) is 58.7 Å². The van der Waals surface area contributed by atoms with E-state index in [1.807, 2.05) is 6.92 Å². The third kappa shape index (κ3) is 5.82. The number of allylic oxidation sites excluding steroid dienone is 1. The molecular weight excluding hydrogens is 216 g/mol. The minimum Gasteiger partial charge on any atom is -0.417 e. The summed E-state index contributed by atoms with van der Waals surface area (Å²) >= 11 is 0. The highest BCUT2D eigenvalue weighted by atomic mass is 28.4. The monoisotopic (exact) mass is 244 g/mol. The first-order valence-electron chi connectivity index (χ1n) is 6.11. The van der Waals surface area contributed by atoms with Crippen molar-refractivity contribution in [3.8, 4) is 0 Å². The Morgan fingerprint density at radius 2 is 1.88 bits per heavy atom. The van der Waals surface area contributed by atoms with Crippen LogP contribution in [0.1, 0.15) is 40.5 Å². The maximum atomic E-state index is 8.83. The standard InChI is InChI=1S/C13H28O2Si/c1-12(11-14)9-7-8-10-15-16(5,6)13(2,3)4/h9,14H,7-8,10-11H2,1-6H3. The van der Waals surface area contributed by atoms with Crippen LogP contribution in [-0.4, -0.2) is 26.6 Å². The van der Waals surface area contributed by atoms with Crippen LogP contribution in [0.25, 0.3) is 0 Å². The molecule has 0 spiro atoms. The van der Waals surface area contributed by atoms with Crippen LogP contribution in [0.15, 0.2) is 11.6 Å². The van der Waals surface area contributed by atoms with Crippen LogP contribution in [0.3, 0.4) is 0 Å². The molecule has 0 radical (unpaired) electrons. The zero-order valence-corrected chi connectivity index (χ0v) is 12.8. The van der Waals surface area contributed by atoms with E-state index in [0.29, 0.717) is 5.04 Å². The van der Waals surface area contributed by atoms with Gasteiger partial charge in [-0.25, -0.2) is 0 Å². The van der Waals surface area contributed by atoms with Crippen LogP contribution in [-0.2, 0) is 4.43 Å². The van der Waals surface area contributed by atoms with Crippen molar-refractivity contribution >= 4 is 8.32 Å². The van der Waals surface area contributed by atoms with Crippen molar-refractivity contribution < 1.29 is 9.53 Å². The van der Waals surface area contributed by atoms with Gasteiger partial charge in [0, 0.05) is 6.61 Å². The van der Waals surface area contributed by atoms with Crippen LogP contribution in [0.4, 0.5) is 0 Å². The van der Waals surface area contributed by atoms with Gasteiger partial charge in [-0.05, 0) is 37.9 Å². The number of aliphatic hydroxyl groups excluding tert-OH is 1. The molecule has 0 bridgehead atoms. The fraction of sp³-hybridized carbons (Fsp3) is 0.846. The normalized spacial score (nSPS) is 14.3. The van der Waals surface area contributed by atoms with Crippen molar-refractivity contribution in [1.29, 1.82) is 0 Å². The Hall–Kier alpha value is -0.123. The van der Waals surface area contributed by atoms with E-state index in [1.54, 1.807) is 0 Å². The fourth-order valence-corrected chi connectivity index (χ4v) is 2.13. The van der Waals surface area contributed by atoms with Gasteiger partial charge in [-0.15, -0.1) is 0 Å². The van der Waals surface area contributed by atoms with Crippen LogP contribution < -0.4 is 0 Å². The van der Waals surface area contributed by atoms with Gasteiger partial charge in [0.25, 0.3) is 0 Å². The largest absolute Gasteiger partial charge is 0.417 e. The zero-order valence-electron chi connectivity index (χ0n) is 11.8. The zero-order chi connectivity index (χ0) is 12.8. The summed E-state index contributed by atoms with van der Waals surface area (Å²) in [5.74, 6) is 0. The van der Waals surface area contributed by atoms with E-state index in [-0.39, 0.29) is 6.61 Å². The second-order valence-corrected chi connectivity index (χ2v) is 10.8. The van der Waals surface area contributed by atoms with Crippen molar-refractivity contribution in [1.82, 2.24) is 0 Å². The lowest BCUT2D eigenvalue weighted by molar-refractivity contribution is 0.283. The summed E-state index contributed by atoms with van der Waals surface area (Å²) < 4.78 is 6.06. The van der Waals surface area contributed by atoms with Gasteiger partial charge < -0.3 is 9.53 Å². The molecular formula is C13H28O2Si. The number of hydrogen-bond donors (Lipinski definition) is 1. The molecule has 0 aromatic carbocycles. The lowest BCUT2D eigenvalue weighted by Crippen LogP contribution is -2.40. The van der Waals surface area contributed by atoms with Gasteiger partial charge in [0.1, 0.15) is 0 Å². The van der Waals surface area contributed by atoms with Gasteiger partial charge >= 0.3 is 0 Å². The van der Waals surface area contributed by atoms with Crippen LogP contribution >= 0.6 is 0 Å². The Morgan fingerprint density at radius 3 is 2.31 bits per heavy atom. The van der Waals surface area contributed by atoms with Gasteiger partial charge in [0.15, 0.2) is 8.32 Å². The van der Waals surface area contributed by atoms with Crippen molar-refractivity contribution in [2.75, 3.05) is 13.2 Å². The summed E-state index contributed by atoms with van der Waals surface area (Å²) in [7, 11) is -1.56. The van der Waals surface area contributed by atoms with Crippen LogP contribution in [0, 0.1) is 0 Å². The van der Waals surface area contributed by atoms with E-state index in [4.69, 9.17) is 9.53 Å². The first-order chi connectivity index (χ1) is 7.20. The molecule has 0 rings (SSSR count). The van der Waals surface area contributed by atoms with E-state index in [1.165, 1.54) is 0 Å². The molecule has 0 saturated carbocycles. The van der Waals surface area contributed by atoms with E-state index in [0.717, 1.165) is 25.0 Å². The molecule has 0 unspecified atom stereocenters. The smallest absolute Gasteiger partial charge is 0.191 e. The van der Waals surface area contributed by atoms with Crippen molar-refractivity contribution in [2.24, 2.45) is 0 Å². The number of aliphatic hydroxyl groups is 1. The van der Waals surface area contributed by atoms with Crippen molar-refractivity contribution in [3.05, 3.63) is 11.6 Å². The topological polar surface area (TPSA) is 29.5 Å². The summed E-state index contributed by atoms with van der Waals surface area (Å²) in [5.41, 5.74) is 1.05. The first-order valence-corrected chi connectivity index (χ1v) is 9.02. The van der Waals surface area contributed by atoms with Crippen molar-refractivity contribution in [3.63, 3.8) is 0 Å². The number of unbranched alkanes of at least 4 members (excludes halogenated alkanes) is 1. The molecule has 0 saturated heterocycles. The summed E-state index contributed by atoms with van der Waals surface area (Å²) in [5, 5.41) is 9.13. The summed E-state index contributed by atoms with van der Waals surface area (Å²) in [6.07, 6.45) is 4.14. The first kappa shape index (κ1) is 15.9. The number of hydrogen-bond acceptors (Lipinski definition) is 2. The third-order valence-corrected chi connectivity index (χ3v) is 7.90. The molecule has 0 amide bonds. The van der Waals surface area contributed by atoms with E-state index in [2.05, 4.69) is 39.9 Å². The molecule has 0 fully saturated rings. The van der Waals surface area contributed by atoms with Gasteiger partial charge in [-0.1, -0.05) is 32.4 Å². The Morgan fingerprint density at radius 1 is 1.31 bits per heavy atom. The lowest BCUT2D eigenvalue weighted by Gasteiger charge is -2.36. The summed E-state index contributed by atoms with van der Waals surface area (Å²) in [6, 6.07) is 0. The quantitative estimate of drug-likeness (QED) is 0.438. The minimum absolute atomic E-state index is 0.170. The van der Waals surface area contributed by atoms with Gasteiger partial charge in [-0.2, -0.15) is 0 Å². The average Bonchev–Trinajstić information content (AvgIpc) is 2.15. The average molecular weight is 244 g/mol. The second-order valence-electron chi connectivity index (χ2n) is 5.96. The third-order valence-electron chi connectivity index (χ3n) is 3.36. The molecule has 96 valence electrons. The molecule has 0 aliphatic carbocycles. The SMILES string of the molecule is CC(=CCCCO[Si](C)(C)C(C)(C)C)CO. The molecule has 0 aromatic heterocycles. The Bertz CT molecular complexity index is 227. The predicted octanol–water partition coefficient (Wildman–Crippen LogP) is 3.73. The second kappa shape index (κ2) is 6.57. The molecule has 1 N–H and O–H groups in total. The predicted molar refractivity (Wildman–Crippen MR) is 73.2 cm³/mol. The number of rotatable bonds is 6. The molecule has 0 atom stereocenters. The highest BCUT2D eigenvalue weighted by Gasteiger charge is 2.36. The minimum atomic E-state index is -1.56. The summed E-state index contributed by atoms with van der Waals surface area (Å²) in [6.45, 7) is 14.3. The van der Waals surface area contributed by atoms with Gasteiger partial charge in [0.2, 0.25) is 0 Å². The molecule has 16 heavy (non-hydrogen) atoms. The highest BCUT2D eigenvalue weighted by molar-refractivity contribution is 6.74. The maximum absolute atomic E-state index is 8.83. The molecule has 0 aromatic rings. The highest BCUT2D eigenvalue weighted by Crippen LogP contribution is 2.36. The Balaban J connectivity index is 3.83. The molecule has 0 aliphatic heterocycles. The van der Waals surface area contributed by atoms with Crippen LogP contribution in [0.5, 0.6) is 0 Å². The maximum Gasteiger partial charge on any atom is 0.191 e.